The number of nitrogens with zero attached hydrogens (tertiary/aromatic N) is 10. The molecule has 0 unspecified atom stereocenters. The van der Waals surface area contributed by atoms with E-state index in [2.05, 4.69) is 368 Å². The normalized spacial score (nSPS) is 12.8. The minimum Gasteiger partial charge on any atom is -0.573 e. The van der Waals surface area contributed by atoms with Crippen molar-refractivity contribution in [1.82, 2.24) is 60.7 Å². The third kappa shape index (κ3) is 21.3. The van der Waals surface area contributed by atoms with Gasteiger partial charge in [-0.2, -0.15) is 10.2 Å². The number of nitrogens with one attached hydrogen (secondary N) is 2. The van der Waals surface area contributed by atoms with Crippen molar-refractivity contribution in [2.75, 3.05) is 0 Å². The molecule has 0 spiro atoms. The second-order valence-corrected chi connectivity index (χ2v) is 36.4. The Kier molecular flexibility index (Phi) is 23.6. The standard InChI is InChI=1S/C33H45N5.C33H43N5.2C9H13N.Pt/c2*1-30(2,3)22-13-20(14-23(17-22)31(4,5)6)21-15-24(26-18-28(37-35-26)32(7,8)9)34-25(16-21)27-19-29(38-36-27)33(10,11)12;2*1-9(2,3)8-4-6-10-7-5-8;/h13-19H,1-12H3,(H,35,37)(H,36,38);13-19H,1-12H3;2*4-7H,1-3H3;/q;-2;;;+2. The van der Waals surface area contributed by atoms with Crippen LogP contribution in [-0.2, 0) is 75.2 Å². The molecule has 2 N–H and O–H groups in total. The number of aromatic nitrogens is 12. The fourth-order valence-corrected chi connectivity index (χ4v) is 10.2. The van der Waals surface area contributed by atoms with Crippen LogP contribution in [0.1, 0.15) is 264 Å². The molecular weight excluding hydrogens is 1370 g/mol. The van der Waals surface area contributed by atoms with E-state index in [0.29, 0.717) is 0 Å². The first-order chi connectivity index (χ1) is 43.8. The first-order valence-electron chi connectivity index (χ1n) is 34.2. The van der Waals surface area contributed by atoms with Crippen LogP contribution in [0.25, 0.3) is 67.8 Å². The third-order valence-corrected chi connectivity index (χ3v) is 17.2. The summed E-state index contributed by atoms with van der Waals surface area (Å²) in [7, 11) is 0. The molecule has 0 atom stereocenters. The molecule has 0 radical (unpaired) electrons. The van der Waals surface area contributed by atoms with Gasteiger partial charge in [-0.1, -0.05) is 268 Å². The number of hydrogen-bond donors (Lipinski definition) is 2. The van der Waals surface area contributed by atoms with Crippen molar-refractivity contribution in [2.45, 2.75) is 262 Å². The van der Waals surface area contributed by atoms with Gasteiger partial charge in [0.05, 0.1) is 22.8 Å². The number of benzene rings is 2. The van der Waals surface area contributed by atoms with Crippen molar-refractivity contribution in [3.8, 4) is 67.8 Å². The maximum absolute atomic E-state index is 5.07. The molecule has 13 heteroatoms. The summed E-state index contributed by atoms with van der Waals surface area (Å²) in [5.41, 5.74) is 23.4. The third-order valence-electron chi connectivity index (χ3n) is 17.2. The number of rotatable bonds is 6. The van der Waals surface area contributed by atoms with Gasteiger partial charge in [0.25, 0.3) is 0 Å². The number of pyridine rings is 4. The molecule has 0 aliphatic carbocycles. The van der Waals surface area contributed by atoms with Gasteiger partial charge in [0.1, 0.15) is 11.4 Å². The minimum atomic E-state index is -0.0902. The van der Waals surface area contributed by atoms with E-state index in [-0.39, 0.29) is 75.2 Å². The Hall–Kier alpha value is -7.43. The quantitative estimate of drug-likeness (QED) is 0.164. The first-order valence-corrected chi connectivity index (χ1v) is 34.2. The van der Waals surface area contributed by atoms with Gasteiger partial charge in [0.15, 0.2) is 0 Å². The van der Waals surface area contributed by atoms with Gasteiger partial charge in [-0.25, -0.2) is 4.98 Å². The van der Waals surface area contributed by atoms with E-state index < -0.39 is 0 Å². The molecule has 0 saturated carbocycles. The Labute approximate surface area is 597 Å². The predicted octanol–water partition coefficient (Wildman–Crippen LogP) is 21.5. The molecule has 97 heavy (non-hydrogen) atoms. The van der Waals surface area contributed by atoms with Crippen LogP contribution in [0.5, 0.6) is 0 Å². The van der Waals surface area contributed by atoms with Gasteiger partial charge in [-0.05, 0) is 149 Å². The topological polar surface area (TPSA) is 163 Å². The molecular formula is C84H114N12Pt. The second kappa shape index (κ2) is 29.2. The monoisotopic (exact) mass is 1490 g/mol. The fraction of sp³-hybridized carbons (Fsp3) is 0.476. The van der Waals surface area contributed by atoms with Crippen LogP contribution in [0.4, 0.5) is 0 Å². The largest absolute Gasteiger partial charge is 2.00 e. The molecule has 10 aromatic rings. The average Bonchev–Trinajstić information content (AvgIpc) is 1.65. The van der Waals surface area contributed by atoms with E-state index in [9.17, 15) is 0 Å². The molecule has 0 amide bonds. The molecule has 0 saturated heterocycles. The van der Waals surface area contributed by atoms with Gasteiger partial charge in [0, 0.05) is 69.2 Å². The Bertz CT molecular complexity index is 3720. The van der Waals surface area contributed by atoms with E-state index in [1.54, 1.807) is 0 Å². The van der Waals surface area contributed by atoms with Gasteiger partial charge in [-0.3, -0.25) is 25.1 Å². The van der Waals surface area contributed by atoms with Crippen molar-refractivity contribution in [1.29, 1.82) is 0 Å². The zero-order chi connectivity index (χ0) is 71.7. The summed E-state index contributed by atoms with van der Waals surface area (Å²) in [6, 6.07) is 39.2. The maximum Gasteiger partial charge on any atom is 2.00 e. The molecule has 8 aromatic heterocycles. The van der Waals surface area contributed by atoms with E-state index in [1.165, 1.54) is 44.5 Å². The average molecular weight is 1490 g/mol. The summed E-state index contributed by atoms with van der Waals surface area (Å²) in [6.45, 7) is 66.4. The van der Waals surface area contributed by atoms with Crippen molar-refractivity contribution >= 4 is 0 Å². The van der Waals surface area contributed by atoms with Crippen LogP contribution in [0.3, 0.4) is 0 Å². The van der Waals surface area contributed by atoms with Crippen molar-refractivity contribution in [3.63, 3.8) is 0 Å². The number of hydrogen-bond acceptors (Lipinski definition) is 8. The van der Waals surface area contributed by atoms with E-state index >= 15 is 0 Å². The first kappa shape index (κ1) is 78.6. The molecule has 12 nitrogen and oxygen atoms in total. The fourth-order valence-electron chi connectivity index (χ4n) is 10.2. The van der Waals surface area contributed by atoms with E-state index in [4.69, 9.17) is 9.97 Å². The minimum absolute atomic E-state index is 0. The molecule has 0 aliphatic heterocycles. The van der Waals surface area contributed by atoms with Gasteiger partial charge >= 0.3 is 21.1 Å². The van der Waals surface area contributed by atoms with Crippen LogP contribution < -0.4 is 10.2 Å². The van der Waals surface area contributed by atoms with Crippen molar-refractivity contribution in [2.24, 2.45) is 0 Å². The summed E-state index contributed by atoms with van der Waals surface area (Å²) in [6.07, 6.45) is 7.34. The van der Waals surface area contributed by atoms with Crippen molar-refractivity contribution < 1.29 is 21.1 Å². The molecule has 0 aliphatic rings. The molecule has 8 heterocycles. The zero-order valence-corrected chi connectivity index (χ0v) is 66.8. The molecule has 520 valence electrons. The van der Waals surface area contributed by atoms with Crippen LogP contribution in [0.15, 0.2) is 134 Å². The van der Waals surface area contributed by atoms with Crippen molar-refractivity contribution in [3.05, 3.63) is 190 Å². The SMILES string of the molecule is CC(C)(C)c1cc(-c2cc(-c3cc(C(C)(C)C)[nH]n3)nc(-c3cc(C(C)(C)C)[nH]n3)c2)cc(C(C)(C)C)c1.CC(C)(C)c1cc(-c2cc(-c3cc(C(C)(C)C)n[n-]3)nc(-c3cc(C(C)(C)C)n[n-]3)c2)cc(C(C)(C)C)c1.CC(C)(C)c1ccncc1.CC(C)(C)c1ccncc1.[Pt+2]. The number of aromatic amines is 2. The van der Waals surface area contributed by atoms with E-state index in [1.807, 2.05) is 24.8 Å². The smallest absolute Gasteiger partial charge is 0.573 e. The van der Waals surface area contributed by atoms with Crippen LogP contribution in [0, 0.1) is 0 Å². The van der Waals surface area contributed by atoms with Gasteiger partial charge < -0.3 is 20.4 Å². The summed E-state index contributed by atoms with van der Waals surface area (Å²) < 4.78 is 0. The molecule has 2 aromatic carbocycles. The van der Waals surface area contributed by atoms with Crippen LogP contribution >= 0.6 is 0 Å². The Morgan fingerprint density at radius 1 is 0.258 bits per heavy atom. The summed E-state index contributed by atoms with van der Waals surface area (Å²) in [4.78, 5) is 18.0. The molecule has 0 fully saturated rings. The van der Waals surface area contributed by atoms with E-state index in [0.717, 1.165) is 79.5 Å². The summed E-state index contributed by atoms with van der Waals surface area (Å²) in [5, 5.41) is 33.8. The molecule has 0 bridgehead atoms. The Balaban J connectivity index is 0.000000236. The summed E-state index contributed by atoms with van der Waals surface area (Å²) in [5.74, 6) is 0. The second-order valence-electron chi connectivity index (χ2n) is 36.4. The zero-order valence-electron chi connectivity index (χ0n) is 64.5. The Morgan fingerprint density at radius 2 is 0.515 bits per heavy atom. The Morgan fingerprint density at radius 3 is 0.742 bits per heavy atom. The predicted molar refractivity (Wildman–Crippen MR) is 403 cm³/mol. The van der Waals surface area contributed by atoms with Crippen LogP contribution in [0.2, 0.25) is 0 Å². The van der Waals surface area contributed by atoms with Crippen LogP contribution in [-0.4, -0.2) is 50.5 Å². The van der Waals surface area contributed by atoms with Gasteiger partial charge in [-0.15, -0.1) is 0 Å². The number of H-pyrrole nitrogens is 2. The van der Waals surface area contributed by atoms with Gasteiger partial charge in [0.2, 0.25) is 0 Å². The molecule has 10 rings (SSSR count). The maximum atomic E-state index is 5.07. The summed E-state index contributed by atoms with van der Waals surface area (Å²) >= 11 is 0.